The first-order chi connectivity index (χ1) is 10.2. The van der Waals surface area contributed by atoms with Gasteiger partial charge in [-0.1, -0.05) is 6.07 Å². The number of hydrogen-bond donors (Lipinski definition) is 1. The number of methoxy groups -OCH3 is 1. The number of aromatic hydroxyl groups is 1. The third-order valence-electron chi connectivity index (χ3n) is 3.36. The number of benzene rings is 1. The van der Waals surface area contributed by atoms with Crippen LogP contribution in [0.15, 0.2) is 41.0 Å². The normalized spacial score (nSPS) is 18.2. The molecule has 3 rings (SSSR count). The summed E-state index contributed by atoms with van der Waals surface area (Å²) in [5, 5.41) is 9.58. The second-order valence-corrected chi connectivity index (χ2v) is 5.76. The molecule has 21 heavy (non-hydrogen) atoms. The molecular formula is C15H15NO4S. The minimum atomic E-state index is -0.0999. The van der Waals surface area contributed by atoms with Crippen LogP contribution in [-0.2, 0) is 11.3 Å². The lowest BCUT2D eigenvalue weighted by molar-refractivity contribution is -0.128. The van der Waals surface area contributed by atoms with Crippen molar-refractivity contribution in [1.82, 2.24) is 4.90 Å². The van der Waals surface area contributed by atoms with Gasteiger partial charge in [-0.05, 0) is 29.8 Å². The highest BCUT2D eigenvalue weighted by atomic mass is 32.2. The fraction of sp³-hybridized carbons (Fsp3) is 0.267. The van der Waals surface area contributed by atoms with Gasteiger partial charge in [0.25, 0.3) is 0 Å². The minimum absolute atomic E-state index is 0.0773. The molecule has 1 fully saturated rings. The molecule has 110 valence electrons. The molecule has 0 spiro atoms. The number of phenolic OH excluding ortho intramolecular Hbond substituents is 1. The van der Waals surface area contributed by atoms with Crippen molar-refractivity contribution in [2.24, 2.45) is 0 Å². The third-order valence-corrected chi connectivity index (χ3v) is 4.62. The highest BCUT2D eigenvalue weighted by molar-refractivity contribution is 8.00. The molecule has 0 aliphatic carbocycles. The second-order valence-electron chi connectivity index (χ2n) is 4.70. The van der Waals surface area contributed by atoms with Gasteiger partial charge in [0.15, 0.2) is 11.5 Å². The van der Waals surface area contributed by atoms with E-state index in [-0.39, 0.29) is 17.0 Å². The van der Waals surface area contributed by atoms with Crippen molar-refractivity contribution >= 4 is 17.7 Å². The molecule has 1 amide bonds. The average molecular weight is 305 g/mol. The number of rotatable bonds is 4. The maximum atomic E-state index is 12.1. The van der Waals surface area contributed by atoms with Crippen molar-refractivity contribution in [3.63, 3.8) is 0 Å². The molecular weight excluding hydrogens is 290 g/mol. The maximum absolute atomic E-state index is 12.1. The van der Waals surface area contributed by atoms with Gasteiger partial charge in [-0.25, -0.2) is 0 Å². The number of hydrogen-bond acceptors (Lipinski definition) is 5. The van der Waals surface area contributed by atoms with Gasteiger partial charge in [-0.15, -0.1) is 11.8 Å². The first-order valence-corrected chi connectivity index (χ1v) is 7.54. The van der Waals surface area contributed by atoms with Crippen molar-refractivity contribution in [2.75, 3.05) is 12.9 Å². The lowest BCUT2D eigenvalue weighted by Gasteiger charge is -2.23. The highest BCUT2D eigenvalue weighted by Gasteiger charge is 2.33. The van der Waals surface area contributed by atoms with E-state index in [9.17, 15) is 9.90 Å². The second kappa shape index (κ2) is 5.73. The fourth-order valence-corrected chi connectivity index (χ4v) is 3.50. The molecule has 1 saturated heterocycles. The van der Waals surface area contributed by atoms with Crippen molar-refractivity contribution in [1.29, 1.82) is 0 Å². The average Bonchev–Trinajstić information content (AvgIpc) is 3.12. The molecule has 1 aliphatic rings. The summed E-state index contributed by atoms with van der Waals surface area (Å²) in [4.78, 5) is 13.9. The number of ether oxygens (including phenoxy) is 1. The topological polar surface area (TPSA) is 62.9 Å². The Morgan fingerprint density at radius 3 is 3.05 bits per heavy atom. The SMILES string of the molecule is COc1cc([C@@H]2SCC(=O)N2Cc2ccco2)ccc1O. The Labute approximate surface area is 126 Å². The standard InChI is InChI=1S/C15H15NO4S/c1-19-13-7-10(4-5-12(13)17)15-16(14(18)9-21-15)8-11-3-2-6-20-11/h2-7,15,17H,8-9H2,1H3/t15-/m0/s1. The molecule has 1 aromatic carbocycles. The number of phenols is 1. The molecule has 0 bridgehead atoms. The van der Waals surface area contributed by atoms with Crippen molar-refractivity contribution < 1.29 is 19.1 Å². The Morgan fingerprint density at radius 2 is 2.33 bits per heavy atom. The number of nitrogens with zero attached hydrogens (tertiary/aromatic N) is 1. The lowest BCUT2D eigenvalue weighted by atomic mass is 10.1. The molecule has 0 saturated carbocycles. The van der Waals surface area contributed by atoms with Gasteiger partial charge in [0, 0.05) is 0 Å². The number of carbonyl (C=O) groups is 1. The quantitative estimate of drug-likeness (QED) is 0.941. The van der Waals surface area contributed by atoms with Gasteiger partial charge in [-0.2, -0.15) is 0 Å². The molecule has 1 N–H and O–H groups in total. The van der Waals surface area contributed by atoms with Gasteiger partial charge in [0.2, 0.25) is 5.91 Å². The van der Waals surface area contributed by atoms with Crippen molar-refractivity contribution in [3.05, 3.63) is 47.9 Å². The van der Waals surface area contributed by atoms with Crippen LogP contribution < -0.4 is 4.74 Å². The van der Waals surface area contributed by atoms with Gasteiger partial charge < -0.3 is 19.2 Å². The summed E-state index contributed by atoms with van der Waals surface area (Å²) in [5.41, 5.74) is 0.923. The van der Waals surface area contributed by atoms with Gasteiger partial charge >= 0.3 is 0 Å². The van der Waals surface area contributed by atoms with Crippen LogP contribution in [0, 0.1) is 0 Å². The predicted octanol–water partition coefficient (Wildman–Crippen LogP) is 2.77. The maximum Gasteiger partial charge on any atom is 0.234 e. The Bertz CT molecular complexity index is 641. The number of furan rings is 1. The van der Waals surface area contributed by atoms with E-state index in [1.165, 1.54) is 7.11 Å². The van der Waals surface area contributed by atoms with Crippen LogP contribution in [0.25, 0.3) is 0 Å². The Balaban J connectivity index is 1.87. The number of thioether (sulfide) groups is 1. The van der Waals surface area contributed by atoms with Crippen LogP contribution in [0.4, 0.5) is 0 Å². The smallest absolute Gasteiger partial charge is 0.234 e. The molecule has 1 atom stereocenters. The van der Waals surface area contributed by atoms with Crippen LogP contribution in [0.2, 0.25) is 0 Å². The predicted molar refractivity (Wildman–Crippen MR) is 79.1 cm³/mol. The summed E-state index contributed by atoms with van der Waals surface area (Å²) < 4.78 is 10.5. The summed E-state index contributed by atoms with van der Waals surface area (Å²) in [6.45, 7) is 0.437. The first kappa shape index (κ1) is 13.9. The van der Waals surface area contributed by atoms with E-state index in [0.717, 1.165) is 11.3 Å². The Kier molecular flexibility index (Phi) is 3.79. The molecule has 2 aromatic rings. The van der Waals surface area contributed by atoms with Crippen LogP contribution in [0.3, 0.4) is 0 Å². The van der Waals surface area contributed by atoms with Crippen LogP contribution in [-0.4, -0.2) is 28.8 Å². The zero-order valence-electron chi connectivity index (χ0n) is 11.5. The summed E-state index contributed by atoms with van der Waals surface area (Å²) in [5.74, 6) is 1.77. The number of carbonyl (C=O) groups excluding carboxylic acids is 1. The molecule has 6 heteroatoms. The largest absolute Gasteiger partial charge is 0.504 e. The molecule has 1 aliphatic heterocycles. The highest BCUT2D eigenvalue weighted by Crippen LogP contribution is 2.41. The van der Waals surface area contributed by atoms with E-state index in [4.69, 9.17) is 9.15 Å². The minimum Gasteiger partial charge on any atom is -0.504 e. The summed E-state index contributed by atoms with van der Waals surface area (Å²) >= 11 is 1.56. The van der Waals surface area contributed by atoms with Crippen LogP contribution in [0.1, 0.15) is 16.7 Å². The monoisotopic (exact) mass is 305 g/mol. The zero-order valence-corrected chi connectivity index (χ0v) is 12.3. The first-order valence-electron chi connectivity index (χ1n) is 6.49. The van der Waals surface area contributed by atoms with Gasteiger partial charge in [-0.3, -0.25) is 4.79 Å². The fourth-order valence-electron chi connectivity index (χ4n) is 2.32. The summed E-state index contributed by atoms with van der Waals surface area (Å²) in [6, 6.07) is 8.82. The molecule has 0 radical (unpaired) electrons. The van der Waals surface area contributed by atoms with E-state index < -0.39 is 0 Å². The Hall–Kier alpha value is -2.08. The van der Waals surface area contributed by atoms with E-state index in [0.29, 0.717) is 18.0 Å². The van der Waals surface area contributed by atoms with E-state index >= 15 is 0 Å². The molecule has 1 aromatic heterocycles. The zero-order chi connectivity index (χ0) is 14.8. The Morgan fingerprint density at radius 1 is 1.48 bits per heavy atom. The van der Waals surface area contributed by atoms with E-state index in [1.807, 2.05) is 18.2 Å². The molecule has 2 heterocycles. The third kappa shape index (κ3) is 2.71. The van der Waals surface area contributed by atoms with Crippen LogP contribution in [0.5, 0.6) is 11.5 Å². The molecule has 5 nitrogen and oxygen atoms in total. The van der Waals surface area contributed by atoms with Gasteiger partial charge in [0.1, 0.15) is 11.1 Å². The van der Waals surface area contributed by atoms with Crippen molar-refractivity contribution in [3.8, 4) is 11.5 Å². The van der Waals surface area contributed by atoms with Crippen LogP contribution >= 0.6 is 11.8 Å². The number of amides is 1. The summed E-state index contributed by atoms with van der Waals surface area (Å²) in [6.07, 6.45) is 1.60. The van der Waals surface area contributed by atoms with Gasteiger partial charge in [0.05, 0.1) is 25.7 Å². The van der Waals surface area contributed by atoms with E-state index in [1.54, 1.807) is 35.1 Å². The molecule has 0 unspecified atom stereocenters. The van der Waals surface area contributed by atoms with E-state index in [2.05, 4.69) is 0 Å². The lowest BCUT2D eigenvalue weighted by Crippen LogP contribution is -2.27. The summed E-state index contributed by atoms with van der Waals surface area (Å²) in [7, 11) is 1.51. The van der Waals surface area contributed by atoms with Crippen molar-refractivity contribution in [2.45, 2.75) is 11.9 Å².